The molecule has 1 fully saturated rings. The van der Waals surface area contributed by atoms with E-state index < -0.39 is 0 Å². The average molecular weight is 273 g/mol. The van der Waals surface area contributed by atoms with Crippen LogP contribution in [0.2, 0.25) is 0 Å². The second-order valence-electron chi connectivity index (χ2n) is 5.07. The van der Waals surface area contributed by atoms with Crippen LogP contribution in [0.5, 0.6) is 0 Å². The molecule has 1 aliphatic rings. The highest BCUT2D eigenvalue weighted by atomic mass is 16.5. The summed E-state index contributed by atoms with van der Waals surface area (Å²) in [5.74, 6) is 0.0410. The first kappa shape index (κ1) is 16.4. The van der Waals surface area contributed by atoms with E-state index in [1.807, 2.05) is 7.05 Å². The molecule has 0 radical (unpaired) electrons. The van der Waals surface area contributed by atoms with Crippen molar-refractivity contribution in [3.8, 4) is 0 Å². The molecule has 0 aromatic heterocycles. The SMILES string of the molecule is COCCNC(=O)CN(C)C(C)CC1COCCN1. The zero-order valence-corrected chi connectivity index (χ0v) is 12.3. The Morgan fingerprint density at radius 1 is 1.63 bits per heavy atom. The molecule has 1 saturated heterocycles. The molecular weight excluding hydrogens is 246 g/mol. The number of nitrogens with one attached hydrogen (secondary N) is 2. The lowest BCUT2D eigenvalue weighted by atomic mass is 10.1. The summed E-state index contributed by atoms with van der Waals surface area (Å²) < 4.78 is 10.3. The number of hydrogen-bond donors (Lipinski definition) is 2. The van der Waals surface area contributed by atoms with Gasteiger partial charge in [-0.3, -0.25) is 9.69 Å². The van der Waals surface area contributed by atoms with E-state index in [-0.39, 0.29) is 5.91 Å². The van der Waals surface area contributed by atoms with Gasteiger partial charge in [0.2, 0.25) is 5.91 Å². The lowest BCUT2D eigenvalue weighted by molar-refractivity contribution is -0.122. The van der Waals surface area contributed by atoms with E-state index in [0.29, 0.717) is 31.8 Å². The molecule has 0 aliphatic carbocycles. The number of likely N-dealkylation sites (N-methyl/N-ethyl adjacent to an activating group) is 1. The summed E-state index contributed by atoms with van der Waals surface area (Å²) in [5, 5.41) is 6.26. The summed E-state index contributed by atoms with van der Waals surface area (Å²) >= 11 is 0. The van der Waals surface area contributed by atoms with Gasteiger partial charge in [0.05, 0.1) is 26.4 Å². The van der Waals surface area contributed by atoms with Gasteiger partial charge >= 0.3 is 0 Å². The molecule has 0 bridgehead atoms. The number of rotatable bonds is 8. The van der Waals surface area contributed by atoms with Gasteiger partial charge in [0.1, 0.15) is 0 Å². The highest BCUT2D eigenvalue weighted by Crippen LogP contribution is 2.07. The number of hydrogen-bond acceptors (Lipinski definition) is 5. The standard InChI is InChI=1S/C13H27N3O3/c1-11(8-12-10-19-7-5-14-12)16(2)9-13(17)15-4-6-18-3/h11-12,14H,4-10H2,1-3H3,(H,15,17). The summed E-state index contributed by atoms with van der Waals surface area (Å²) in [7, 11) is 3.60. The van der Waals surface area contributed by atoms with Crippen molar-refractivity contribution < 1.29 is 14.3 Å². The fraction of sp³-hybridized carbons (Fsp3) is 0.923. The smallest absolute Gasteiger partial charge is 0.234 e. The second-order valence-corrected chi connectivity index (χ2v) is 5.07. The van der Waals surface area contributed by atoms with Crippen molar-refractivity contribution in [3.05, 3.63) is 0 Å². The minimum Gasteiger partial charge on any atom is -0.383 e. The highest BCUT2D eigenvalue weighted by molar-refractivity contribution is 5.77. The molecule has 2 unspecified atom stereocenters. The Bertz CT molecular complexity index is 258. The van der Waals surface area contributed by atoms with Gasteiger partial charge in [-0.05, 0) is 20.4 Å². The summed E-state index contributed by atoms with van der Waals surface area (Å²) in [5.41, 5.74) is 0. The Kier molecular flexibility index (Phi) is 7.97. The first-order chi connectivity index (χ1) is 9.13. The van der Waals surface area contributed by atoms with Gasteiger partial charge in [0.25, 0.3) is 0 Å². The van der Waals surface area contributed by atoms with Crippen molar-refractivity contribution in [2.24, 2.45) is 0 Å². The van der Waals surface area contributed by atoms with Gasteiger partial charge in [-0.1, -0.05) is 0 Å². The fourth-order valence-corrected chi connectivity index (χ4v) is 2.09. The van der Waals surface area contributed by atoms with Crippen molar-refractivity contribution in [1.29, 1.82) is 0 Å². The normalized spacial score (nSPS) is 21.4. The molecule has 112 valence electrons. The van der Waals surface area contributed by atoms with Gasteiger partial charge in [-0.2, -0.15) is 0 Å². The van der Waals surface area contributed by atoms with Crippen molar-refractivity contribution in [3.63, 3.8) is 0 Å². The fourth-order valence-electron chi connectivity index (χ4n) is 2.09. The molecule has 1 aliphatic heterocycles. The van der Waals surface area contributed by atoms with E-state index in [1.165, 1.54) is 0 Å². The molecule has 2 atom stereocenters. The summed E-state index contributed by atoms with van der Waals surface area (Å²) in [6.07, 6.45) is 0.988. The monoisotopic (exact) mass is 273 g/mol. The topological polar surface area (TPSA) is 62.8 Å². The van der Waals surface area contributed by atoms with E-state index in [9.17, 15) is 4.79 Å². The molecule has 2 N–H and O–H groups in total. The predicted molar refractivity (Wildman–Crippen MR) is 74.2 cm³/mol. The third-order valence-corrected chi connectivity index (χ3v) is 3.40. The van der Waals surface area contributed by atoms with Crippen LogP contribution in [0.3, 0.4) is 0 Å². The Morgan fingerprint density at radius 2 is 2.42 bits per heavy atom. The van der Waals surface area contributed by atoms with Crippen LogP contribution in [-0.4, -0.2) is 76.5 Å². The van der Waals surface area contributed by atoms with Crippen molar-refractivity contribution >= 4 is 5.91 Å². The molecular formula is C13H27N3O3. The quantitative estimate of drug-likeness (QED) is 0.581. The molecule has 19 heavy (non-hydrogen) atoms. The summed E-state index contributed by atoms with van der Waals surface area (Å²) in [6, 6.07) is 0.732. The Hall–Kier alpha value is -0.690. The van der Waals surface area contributed by atoms with Crippen LogP contribution in [0.25, 0.3) is 0 Å². The van der Waals surface area contributed by atoms with Crippen molar-refractivity contribution in [2.45, 2.75) is 25.4 Å². The van der Waals surface area contributed by atoms with Crippen LogP contribution in [0, 0.1) is 0 Å². The van der Waals surface area contributed by atoms with Crippen LogP contribution in [0.4, 0.5) is 0 Å². The van der Waals surface area contributed by atoms with Gasteiger partial charge in [0, 0.05) is 32.3 Å². The number of morpholine rings is 1. The number of ether oxygens (including phenoxy) is 2. The zero-order valence-electron chi connectivity index (χ0n) is 12.3. The number of nitrogens with zero attached hydrogens (tertiary/aromatic N) is 1. The third-order valence-electron chi connectivity index (χ3n) is 3.40. The molecule has 1 amide bonds. The average Bonchev–Trinajstić information content (AvgIpc) is 2.40. The van der Waals surface area contributed by atoms with Crippen molar-refractivity contribution in [2.75, 3.05) is 53.6 Å². The van der Waals surface area contributed by atoms with Crippen LogP contribution < -0.4 is 10.6 Å². The van der Waals surface area contributed by atoms with Crippen LogP contribution >= 0.6 is 0 Å². The van der Waals surface area contributed by atoms with Gasteiger partial charge in [-0.15, -0.1) is 0 Å². The Labute approximate surface area is 115 Å². The molecule has 0 spiro atoms. The number of carbonyl (C=O) groups is 1. The van der Waals surface area contributed by atoms with Crippen LogP contribution in [0.15, 0.2) is 0 Å². The van der Waals surface area contributed by atoms with Gasteiger partial charge in [0.15, 0.2) is 0 Å². The maximum atomic E-state index is 11.7. The summed E-state index contributed by atoms with van der Waals surface area (Å²) in [4.78, 5) is 13.7. The molecule has 6 nitrogen and oxygen atoms in total. The lowest BCUT2D eigenvalue weighted by Gasteiger charge is -2.30. The molecule has 1 heterocycles. The zero-order chi connectivity index (χ0) is 14.1. The van der Waals surface area contributed by atoms with E-state index >= 15 is 0 Å². The van der Waals surface area contributed by atoms with Gasteiger partial charge in [-0.25, -0.2) is 0 Å². The maximum absolute atomic E-state index is 11.7. The van der Waals surface area contributed by atoms with Crippen LogP contribution in [-0.2, 0) is 14.3 Å². The number of carbonyl (C=O) groups excluding carboxylic acids is 1. The Balaban J connectivity index is 2.19. The minimum atomic E-state index is 0.0410. The first-order valence-corrected chi connectivity index (χ1v) is 6.90. The van der Waals surface area contributed by atoms with E-state index in [4.69, 9.17) is 9.47 Å². The van der Waals surface area contributed by atoms with Gasteiger partial charge < -0.3 is 20.1 Å². The third kappa shape index (κ3) is 6.87. The summed E-state index contributed by atoms with van der Waals surface area (Å²) in [6.45, 7) is 6.14. The molecule has 6 heteroatoms. The van der Waals surface area contributed by atoms with E-state index in [2.05, 4.69) is 22.5 Å². The van der Waals surface area contributed by atoms with Crippen LogP contribution in [0.1, 0.15) is 13.3 Å². The highest BCUT2D eigenvalue weighted by Gasteiger charge is 2.19. The maximum Gasteiger partial charge on any atom is 0.234 e. The minimum absolute atomic E-state index is 0.0410. The number of methoxy groups -OCH3 is 1. The van der Waals surface area contributed by atoms with E-state index in [1.54, 1.807) is 7.11 Å². The predicted octanol–water partition coefficient (Wildman–Crippen LogP) is -0.552. The molecule has 1 rings (SSSR count). The first-order valence-electron chi connectivity index (χ1n) is 6.90. The number of amides is 1. The largest absolute Gasteiger partial charge is 0.383 e. The lowest BCUT2D eigenvalue weighted by Crippen LogP contribution is -2.47. The van der Waals surface area contributed by atoms with Crippen molar-refractivity contribution in [1.82, 2.24) is 15.5 Å². The van der Waals surface area contributed by atoms with E-state index in [0.717, 1.165) is 26.2 Å². The molecule has 0 aromatic carbocycles. The molecule has 0 aromatic rings. The second kappa shape index (κ2) is 9.25. The molecule has 0 saturated carbocycles. The Morgan fingerprint density at radius 3 is 3.05 bits per heavy atom.